The summed E-state index contributed by atoms with van der Waals surface area (Å²) in [4.78, 5) is 27.7. The molecule has 2 amide bonds. The lowest BCUT2D eigenvalue weighted by Gasteiger charge is -2.32. The molecule has 0 aromatic heterocycles. The van der Waals surface area contributed by atoms with Crippen molar-refractivity contribution in [3.05, 3.63) is 95.8 Å². The summed E-state index contributed by atoms with van der Waals surface area (Å²) in [6, 6.07) is 19.8. The number of likely N-dealkylation sites (N-methyl/N-ethyl adjacent to an activating group) is 1. The van der Waals surface area contributed by atoms with Crippen LogP contribution in [0.5, 0.6) is 0 Å². The minimum atomic E-state index is -4.14. The molecular formula is C29H34FN3O4S. The maximum Gasteiger partial charge on any atom is 0.264 e. The molecule has 1 N–H and O–H groups in total. The summed E-state index contributed by atoms with van der Waals surface area (Å²) in [5, 5.41) is 2.68. The van der Waals surface area contributed by atoms with Gasteiger partial charge in [0.2, 0.25) is 11.8 Å². The van der Waals surface area contributed by atoms with Crippen LogP contribution in [0.3, 0.4) is 0 Å². The van der Waals surface area contributed by atoms with Gasteiger partial charge in [0.05, 0.1) is 10.6 Å². The number of anilines is 1. The summed E-state index contributed by atoms with van der Waals surface area (Å²) < 4.78 is 43.0. The normalized spacial score (nSPS) is 12.2. The van der Waals surface area contributed by atoms with Gasteiger partial charge >= 0.3 is 0 Å². The number of rotatable bonds is 11. The Bertz CT molecular complexity index is 1350. The van der Waals surface area contributed by atoms with E-state index in [4.69, 9.17) is 0 Å². The third-order valence-corrected chi connectivity index (χ3v) is 8.06. The number of sulfonamides is 1. The summed E-state index contributed by atoms with van der Waals surface area (Å²) in [5.74, 6) is -1.35. The van der Waals surface area contributed by atoms with E-state index in [0.717, 1.165) is 9.87 Å². The number of benzene rings is 3. The minimum absolute atomic E-state index is 0.0261. The zero-order chi connectivity index (χ0) is 27.9. The zero-order valence-corrected chi connectivity index (χ0v) is 22.9. The van der Waals surface area contributed by atoms with E-state index < -0.39 is 40.2 Å². The SMILES string of the molecule is CCNC(=O)[C@H](C)N(Cc1ccccc1F)C(=O)CN(c1ccc(C(C)C)cc1)S(=O)(=O)c1ccccc1. The molecule has 3 aromatic carbocycles. The van der Waals surface area contributed by atoms with E-state index in [-0.39, 0.29) is 22.9 Å². The Balaban J connectivity index is 2.04. The Labute approximate surface area is 224 Å². The second-order valence-corrected chi connectivity index (χ2v) is 11.1. The number of hydrogen-bond donors (Lipinski definition) is 1. The van der Waals surface area contributed by atoms with Gasteiger partial charge in [-0.15, -0.1) is 0 Å². The molecule has 0 unspecified atom stereocenters. The lowest BCUT2D eigenvalue weighted by atomic mass is 10.0. The van der Waals surface area contributed by atoms with Crippen molar-refractivity contribution in [2.75, 3.05) is 17.4 Å². The number of hydrogen-bond acceptors (Lipinski definition) is 4. The lowest BCUT2D eigenvalue weighted by molar-refractivity contribution is -0.139. The maximum atomic E-state index is 14.5. The van der Waals surface area contributed by atoms with Gasteiger partial charge in [0.25, 0.3) is 10.0 Å². The fraction of sp³-hybridized carbons (Fsp3) is 0.310. The van der Waals surface area contributed by atoms with Crippen LogP contribution in [0, 0.1) is 5.82 Å². The molecule has 0 saturated heterocycles. The van der Waals surface area contributed by atoms with Gasteiger partial charge in [-0.05, 0) is 55.7 Å². The molecule has 0 bridgehead atoms. The highest BCUT2D eigenvalue weighted by atomic mass is 32.2. The first-order valence-corrected chi connectivity index (χ1v) is 14.0. The average Bonchev–Trinajstić information content (AvgIpc) is 2.91. The monoisotopic (exact) mass is 539 g/mol. The molecule has 7 nitrogen and oxygen atoms in total. The molecule has 9 heteroatoms. The van der Waals surface area contributed by atoms with Gasteiger partial charge in [0.15, 0.2) is 0 Å². The molecule has 0 spiro atoms. The van der Waals surface area contributed by atoms with Crippen molar-refractivity contribution in [1.82, 2.24) is 10.2 Å². The van der Waals surface area contributed by atoms with Crippen LogP contribution in [0.1, 0.15) is 44.7 Å². The van der Waals surface area contributed by atoms with E-state index in [1.807, 2.05) is 26.0 Å². The molecule has 0 aliphatic heterocycles. The van der Waals surface area contributed by atoms with E-state index in [0.29, 0.717) is 12.2 Å². The second kappa shape index (κ2) is 12.7. The van der Waals surface area contributed by atoms with Crippen LogP contribution in [-0.2, 0) is 26.2 Å². The molecule has 3 aromatic rings. The number of halogens is 1. The second-order valence-electron chi connectivity index (χ2n) is 9.25. The van der Waals surface area contributed by atoms with Gasteiger partial charge in [0, 0.05) is 18.7 Å². The van der Waals surface area contributed by atoms with Gasteiger partial charge in [-0.3, -0.25) is 13.9 Å². The molecule has 202 valence electrons. The van der Waals surface area contributed by atoms with Crippen LogP contribution in [-0.4, -0.2) is 44.3 Å². The molecular weight excluding hydrogens is 505 g/mol. The molecule has 0 saturated carbocycles. The first-order chi connectivity index (χ1) is 18.1. The summed E-state index contributed by atoms with van der Waals surface area (Å²) in [6.45, 7) is 6.92. The van der Waals surface area contributed by atoms with Crippen LogP contribution >= 0.6 is 0 Å². The molecule has 1 atom stereocenters. The van der Waals surface area contributed by atoms with E-state index in [2.05, 4.69) is 5.32 Å². The highest BCUT2D eigenvalue weighted by molar-refractivity contribution is 7.92. The fourth-order valence-electron chi connectivity index (χ4n) is 3.99. The van der Waals surface area contributed by atoms with Crippen molar-refractivity contribution < 1.29 is 22.4 Å². The number of carbonyl (C=O) groups excluding carboxylic acids is 2. The highest BCUT2D eigenvalue weighted by Gasteiger charge is 2.32. The molecule has 0 fully saturated rings. The van der Waals surface area contributed by atoms with Crippen LogP contribution in [0.4, 0.5) is 10.1 Å². The van der Waals surface area contributed by atoms with Gasteiger partial charge in [0.1, 0.15) is 18.4 Å². The van der Waals surface area contributed by atoms with E-state index in [1.165, 1.54) is 42.2 Å². The molecule has 0 aliphatic rings. The maximum absolute atomic E-state index is 14.5. The molecule has 0 aliphatic carbocycles. The van der Waals surface area contributed by atoms with Crippen molar-refractivity contribution in [3.8, 4) is 0 Å². The van der Waals surface area contributed by atoms with Crippen LogP contribution in [0.15, 0.2) is 83.8 Å². The summed E-state index contributed by atoms with van der Waals surface area (Å²) in [6.07, 6.45) is 0. The van der Waals surface area contributed by atoms with Crippen molar-refractivity contribution in [1.29, 1.82) is 0 Å². The van der Waals surface area contributed by atoms with Gasteiger partial charge in [-0.1, -0.05) is 62.4 Å². The number of nitrogens with one attached hydrogen (secondary N) is 1. The Morgan fingerprint density at radius 1 is 0.895 bits per heavy atom. The van der Waals surface area contributed by atoms with E-state index in [1.54, 1.807) is 43.3 Å². The van der Waals surface area contributed by atoms with Crippen LogP contribution in [0.25, 0.3) is 0 Å². The predicted octanol–water partition coefficient (Wildman–Crippen LogP) is 4.70. The van der Waals surface area contributed by atoms with Crippen molar-refractivity contribution in [3.63, 3.8) is 0 Å². The number of amides is 2. The molecule has 38 heavy (non-hydrogen) atoms. The van der Waals surface area contributed by atoms with Gasteiger partial charge < -0.3 is 10.2 Å². The summed E-state index contributed by atoms with van der Waals surface area (Å²) in [5.41, 5.74) is 1.54. The molecule has 0 heterocycles. The summed E-state index contributed by atoms with van der Waals surface area (Å²) in [7, 11) is -4.14. The smallest absolute Gasteiger partial charge is 0.264 e. The van der Waals surface area contributed by atoms with Crippen molar-refractivity contribution in [2.24, 2.45) is 0 Å². The third-order valence-electron chi connectivity index (χ3n) is 6.27. The molecule has 3 rings (SSSR count). The first-order valence-electron chi connectivity index (χ1n) is 12.5. The van der Waals surface area contributed by atoms with E-state index >= 15 is 0 Å². The number of nitrogens with zero attached hydrogens (tertiary/aromatic N) is 2. The fourth-order valence-corrected chi connectivity index (χ4v) is 5.42. The van der Waals surface area contributed by atoms with Crippen LogP contribution < -0.4 is 9.62 Å². The Morgan fingerprint density at radius 2 is 1.50 bits per heavy atom. The molecule has 0 radical (unpaired) electrons. The average molecular weight is 540 g/mol. The Hall–Kier alpha value is -3.72. The standard InChI is InChI=1S/C29H34FN3O4S/c1-5-31-29(35)22(4)32(19-24-11-9-10-14-27(24)30)28(34)20-33(25-17-15-23(16-18-25)21(2)3)38(36,37)26-12-7-6-8-13-26/h6-18,21-22H,5,19-20H2,1-4H3,(H,31,35)/t22-/m0/s1. The Kier molecular flexibility index (Phi) is 9.63. The lowest BCUT2D eigenvalue weighted by Crippen LogP contribution is -2.51. The third kappa shape index (κ3) is 6.77. The summed E-state index contributed by atoms with van der Waals surface area (Å²) >= 11 is 0. The first kappa shape index (κ1) is 28.8. The quantitative estimate of drug-likeness (QED) is 0.383. The van der Waals surface area contributed by atoms with E-state index in [9.17, 15) is 22.4 Å². The topological polar surface area (TPSA) is 86.8 Å². The zero-order valence-electron chi connectivity index (χ0n) is 22.1. The van der Waals surface area contributed by atoms with Gasteiger partial charge in [-0.2, -0.15) is 0 Å². The highest BCUT2D eigenvalue weighted by Crippen LogP contribution is 2.26. The Morgan fingerprint density at radius 3 is 2.08 bits per heavy atom. The van der Waals surface area contributed by atoms with Crippen molar-refractivity contribution >= 4 is 27.5 Å². The minimum Gasteiger partial charge on any atom is -0.355 e. The van der Waals surface area contributed by atoms with Crippen molar-refractivity contribution in [2.45, 2.75) is 51.1 Å². The number of carbonyl (C=O) groups is 2. The predicted molar refractivity (Wildman–Crippen MR) is 147 cm³/mol. The largest absolute Gasteiger partial charge is 0.355 e. The van der Waals surface area contributed by atoms with Gasteiger partial charge in [-0.25, -0.2) is 12.8 Å². The van der Waals surface area contributed by atoms with Crippen LogP contribution in [0.2, 0.25) is 0 Å².